The molecule has 35 heavy (non-hydrogen) atoms. The Labute approximate surface area is 206 Å². The molecule has 184 valence electrons. The lowest BCUT2D eigenvalue weighted by Crippen LogP contribution is -2.43. The molecule has 0 bridgehead atoms. The average molecular weight is 476 g/mol. The number of carbonyl (C=O) groups is 1. The summed E-state index contributed by atoms with van der Waals surface area (Å²) < 4.78 is 14.9. The maximum Gasteiger partial charge on any atom is 0.251 e. The minimum absolute atomic E-state index is 0.0630. The molecular weight excluding hydrogens is 441 g/mol. The van der Waals surface area contributed by atoms with E-state index in [0.717, 1.165) is 85.9 Å². The van der Waals surface area contributed by atoms with Crippen LogP contribution in [0.1, 0.15) is 62.2 Å². The van der Waals surface area contributed by atoms with Gasteiger partial charge in [-0.15, -0.1) is 0 Å². The van der Waals surface area contributed by atoms with Gasteiger partial charge in [-0.3, -0.25) is 14.9 Å². The third kappa shape index (κ3) is 5.45. The van der Waals surface area contributed by atoms with Crippen LogP contribution in [0, 0.1) is 0 Å². The van der Waals surface area contributed by atoms with Gasteiger partial charge in [0, 0.05) is 48.0 Å². The highest BCUT2D eigenvalue weighted by atomic mass is 19.1. The van der Waals surface area contributed by atoms with Crippen molar-refractivity contribution >= 4 is 16.8 Å². The number of benzene rings is 1. The van der Waals surface area contributed by atoms with E-state index in [4.69, 9.17) is 0 Å². The number of aromatic amines is 1. The van der Waals surface area contributed by atoms with Gasteiger partial charge in [0.05, 0.1) is 5.52 Å². The van der Waals surface area contributed by atoms with E-state index < -0.39 is 5.67 Å². The summed E-state index contributed by atoms with van der Waals surface area (Å²) >= 11 is 0. The van der Waals surface area contributed by atoms with E-state index in [2.05, 4.69) is 31.5 Å². The van der Waals surface area contributed by atoms with Crippen molar-refractivity contribution in [1.82, 2.24) is 25.4 Å². The molecule has 2 atom stereocenters. The van der Waals surface area contributed by atoms with Gasteiger partial charge in [0.2, 0.25) is 0 Å². The standard InChI is InChI=1S/C28H34FN5O/c1-28(29)13-4-2-6-22(28)12-17-34-16-5-3-7-23(19-34)31-27(35)21-8-9-25-24(18-21)26(33-32-25)20-10-14-30-15-11-20/h6,8-11,14-15,18,23H,2-5,7,12-13,16-17,19H2,1H3,(H,31,35)(H,32,33). The summed E-state index contributed by atoms with van der Waals surface area (Å²) in [7, 11) is 0. The largest absolute Gasteiger partial charge is 0.348 e. The van der Waals surface area contributed by atoms with Crippen LogP contribution in [0.3, 0.4) is 0 Å². The van der Waals surface area contributed by atoms with Crippen LogP contribution < -0.4 is 5.32 Å². The van der Waals surface area contributed by atoms with Gasteiger partial charge in [0.1, 0.15) is 11.4 Å². The summed E-state index contributed by atoms with van der Waals surface area (Å²) in [6.45, 7) is 4.37. The number of carbonyl (C=O) groups excluding carboxylic acids is 1. The van der Waals surface area contributed by atoms with E-state index in [1.54, 1.807) is 19.3 Å². The molecule has 2 unspecified atom stereocenters. The molecule has 2 aromatic heterocycles. The predicted molar refractivity (Wildman–Crippen MR) is 137 cm³/mol. The molecule has 1 saturated heterocycles. The van der Waals surface area contributed by atoms with Crippen molar-refractivity contribution in [2.24, 2.45) is 0 Å². The summed E-state index contributed by atoms with van der Waals surface area (Å²) in [5.74, 6) is -0.0630. The smallest absolute Gasteiger partial charge is 0.251 e. The van der Waals surface area contributed by atoms with Crippen LogP contribution in [-0.2, 0) is 0 Å². The predicted octanol–water partition coefficient (Wildman–Crippen LogP) is 5.44. The van der Waals surface area contributed by atoms with Gasteiger partial charge in [-0.1, -0.05) is 12.5 Å². The number of likely N-dealkylation sites (tertiary alicyclic amines) is 1. The van der Waals surface area contributed by atoms with Crippen LogP contribution in [0.15, 0.2) is 54.4 Å². The van der Waals surface area contributed by atoms with Crippen molar-refractivity contribution in [1.29, 1.82) is 0 Å². The zero-order chi connectivity index (χ0) is 24.3. The monoisotopic (exact) mass is 475 g/mol. The second-order valence-corrected chi connectivity index (χ2v) is 10.1. The van der Waals surface area contributed by atoms with E-state index >= 15 is 0 Å². The molecule has 3 aromatic rings. The molecule has 6 nitrogen and oxygen atoms in total. The van der Waals surface area contributed by atoms with Gasteiger partial charge in [-0.2, -0.15) is 5.10 Å². The maximum atomic E-state index is 14.9. The van der Waals surface area contributed by atoms with Crippen molar-refractivity contribution in [3.63, 3.8) is 0 Å². The number of hydrogen-bond donors (Lipinski definition) is 2. The van der Waals surface area contributed by atoms with Gasteiger partial charge < -0.3 is 10.2 Å². The number of rotatable bonds is 6. The highest BCUT2D eigenvalue weighted by Gasteiger charge is 2.30. The number of aromatic nitrogens is 3. The van der Waals surface area contributed by atoms with E-state index in [1.165, 1.54) is 0 Å². The van der Waals surface area contributed by atoms with Crippen LogP contribution in [0.25, 0.3) is 22.2 Å². The normalized spacial score (nSPS) is 23.6. The Morgan fingerprint density at radius 1 is 1.23 bits per heavy atom. The minimum atomic E-state index is -1.17. The van der Waals surface area contributed by atoms with E-state index in [0.29, 0.717) is 12.0 Å². The third-order valence-electron chi connectivity index (χ3n) is 7.48. The molecule has 2 N–H and O–H groups in total. The molecule has 1 aliphatic carbocycles. The van der Waals surface area contributed by atoms with Crippen molar-refractivity contribution < 1.29 is 9.18 Å². The fourth-order valence-electron chi connectivity index (χ4n) is 5.42. The summed E-state index contributed by atoms with van der Waals surface area (Å²) in [4.78, 5) is 19.7. The molecular formula is C28H34FN5O. The molecule has 0 saturated carbocycles. The van der Waals surface area contributed by atoms with Gasteiger partial charge in [0.15, 0.2) is 0 Å². The van der Waals surface area contributed by atoms with Crippen molar-refractivity contribution in [2.45, 2.75) is 63.6 Å². The van der Waals surface area contributed by atoms with Gasteiger partial charge in [0.25, 0.3) is 5.91 Å². The number of nitrogens with one attached hydrogen (secondary N) is 2. The quantitative estimate of drug-likeness (QED) is 0.466. The zero-order valence-corrected chi connectivity index (χ0v) is 20.4. The van der Waals surface area contributed by atoms with Crippen molar-refractivity contribution in [3.8, 4) is 11.3 Å². The molecule has 1 amide bonds. The van der Waals surface area contributed by atoms with Crippen molar-refractivity contribution in [3.05, 3.63) is 59.9 Å². The van der Waals surface area contributed by atoms with Crippen LogP contribution >= 0.6 is 0 Å². The van der Waals surface area contributed by atoms with Crippen LogP contribution in [0.5, 0.6) is 0 Å². The molecule has 0 radical (unpaired) electrons. The summed E-state index contributed by atoms with van der Waals surface area (Å²) in [6, 6.07) is 9.58. The first-order chi connectivity index (χ1) is 17.0. The SMILES string of the molecule is CC1(F)CCCC=C1CCN1CCCCC(NC(=O)c2ccc3[nH]nc(-c4ccncc4)c3c2)C1. The first-order valence-corrected chi connectivity index (χ1v) is 12.8. The zero-order valence-electron chi connectivity index (χ0n) is 20.4. The van der Waals surface area contributed by atoms with Gasteiger partial charge in [-0.05, 0) is 87.9 Å². The maximum absolute atomic E-state index is 14.9. The third-order valence-corrected chi connectivity index (χ3v) is 7.48. The number of H-pyrrole nitrogens is 1. The Balaban J connectivity index is 1.25. The first-order valence-electron chi connectivity index (χ1n) is 12.8. The van der Waals surface area contributed by atoms with Gasteiger partial charge >= 0.3 is 0 Å². The Hall–Kier alpha value is -3.06. The number of alkyl halides is 1. The lowest BCUT2D eigenvalue weighted by Gasteiger charge is -2.30. The van der Waals surface area contributed by atoms with E-state index in [1.807, 2.05) is 30.3 Å². The molecule has 5 rings (SSSR count). The Morgan fingerprint density at radius 2 is 2.09 bits per heavy atom. The average Bonchev–Trinajstić information content (AvgIpc) is 3.16. The molecule has 1 fully saturated rings. The minimum Gasteiger partial charge on any atom is -0.348 e. The topological polar surface area (TPSA) is 73.9 Å². The summed E-state index contributed by atoms with van der Waals surface area (Å²) in [5.41, 5.74) is 3.08. The fraction of sp³-hybridized carbons (Fsp3) is 0.464. The Morgan fingerprint density at radius 3 is 2.91 bits per heavy atom. The second-order valence-electron chi connectivity index (χ2n) is 10.1. The number of pyridine rings is 1. The molecule has 3 heterocycles. The van der Waals surface area contributed by atoms with Crippen LogP contribution in [0.2, 0.25) is 0 Å². The molecule has 0 spiro atoms. The van der Waals surface area contributed by atoms with E-state index in [9.17, 15) is 9.18 Å². The number of amides is 1. The highest BCUT2D eigenvalue weighted by Crippen LogP contribution is 2.34. The summed E-state index contributed by atoms with van der Waals surface area (Å²) in [6.07, 6.45) is 12.0. The lowest BCUT2D eigenvalue weighted by molar-refractivity contribution is 0.0926. The molecule has 2 aliphatic rings. The first kappa shape index (κ1) is 23.7. The van der Waals surface area contributed by atoms with Crippen LogP contribution in [0.4, 0.5) is 4.39 Å². The number of allylic oxidation sites excluding steroid dienone is 1. The van der Waals surface area contributed by atoms with E-state index in [-0.39, 0.29) is 11.9 Å². The molecule has 7 heteroatoms. The van der Waals surface area contributed by atoms with Crippen molar-refractivity contribution in [2.75, 3.05) is 19.6 Å². The Bertz CT molecular complexity index is 1200. The number of nitrogens with zero attached hydrogens (tertiary/aromatic N) is 3. The number of hydrogen-bond acceptors (Lipinski definition) is 4. The number of halogens is 1. The fourth-order valence-corrected chi connectivity index (χ4v) is 5.42. The molecule has 1 aromatic carbocycles. The van der Waals surface area contributed by atoms with Crippen LogP contribution in [-0.4, -0.2) is 57.3 Å². The second kappa shape index (κ2) is 10.3. The van der Waals surface area contributed by atoms with Gasteiger partial charge in [-0.25, -0.2) is 4.39 Å². The molecule has 1 aliphatic heterocycles. The number of fused-ring (bicyclic) bond motifs is 1. The highest BCUT2D eigenvalue weighted by molar-refractivity contribution is 6.01. The summed E-state index contributed by atoms with van der Waals surface area (Å²) in [5, 5.41) is 11.7. The Kier molecular flexibility index (Phi) is 6.95. The lowest BCUT2D eigenvalue weighted by atomic mass is 9.84.